The molecule has 1 saturated heterocycles. The molecule has 1 aromatic carbocycles. The van der Waals surface area contributed by atoms with E-state index >= 15 is 0 Å². The zero-order valence-corrected chi connectivity index (χ0v) is 22.3. The summed E-state index contributed by atoms with van der Waals surface area (Å²) in [6, 6.07) is 10.7. The Hall–Kier alpha value is -1.39. The van der Waals surface area contributed by atoms with Gasteiger partial charge in [0, 0.05) is 53.4 Å². The summed E-state index contributed by atoms with van der Waals surface area (Å²) < 4.78 is 6.10. The zero-order valence-electron chi connectivity index (χ0n) is 20.0. The van der Waals surface area contributed by atoms with Crippen LogP contribution in [0, 0.1) is 0 Å². The van der Waals surface area contributed by atoms with Crippen molar-refractivity contribution in [2.75, 3.05) is 53.4 Å². The third-order valence-corrected chi connectivity index (χ3v) is 5.44. The minimum Gasteiger partial charge on any atom is -0.378 e. The molecule has 1 amide bonds. The van der Waals surface area contributed by atoms with Gasteiger partial charge in [-0.2, -0.15) is 0 Å². The fourth-order valence-electron chi connectivity index (χ4n) is 3.45. The molecule has 1 aromatic rings. The van der Waals surface area contributed by atoms with Crippen molar-refractivity contribution in [1.82, 2.24) is 20.4 Å². The summed E-state index contributed by atoms with van der Waals surface area (Å²) >= 11 is 0. The fraction of sp³-hybridized carbons (Fsp3) is 0.667. The number of benzene rings is 1. The van der Waals surface area contributed by atoms with Gasteiger partial charge in [-0.15, -0.1) is 24.0 Å². The van der Waals surface area contributed by atoms with Crippen molar-refractivity contribution in [1.29, 1.82) is 0 Å². The molecule has 0 radical (unpaired) electrons. The van der Waals surface area contributed by atoms with E-state index in [9.17, 15) is 4.79 Å². The highest BCUT2D eigenvalue weighted by Crippen LogP contribution is 2.16. The molecule has 0 atom stereocenters. The standard InChI is InChI=1S/C24H41N5O2.HI/c1-4-5-14-25-24(27-19-23(30)28(2)3)26-15-9-18-31-22-12-16-29(17-13-22)20-21-10-7-6-8-11-21;/h6-8,10-11,22H,4-5,9,12-20H2,1-3H3,(H2,25,26,27);1H. The number of nitrogens with one attached hydrogen (secondary N) is 2. The molecule has 0 spiro atoms. The number of hydrogen-bond acceptors (Lipinski definition) is 4. The molecular weight excluding hydrogens is 517 g/mol. The van der Waals surface area contributed by atoms with Crippen LogP contribution in [0.3, 0.4) is 0 Å². The first-order chi connectivity index (χ1) is 15.1. The van der Waals surface area contributed by atoms with Crippen molar-refractivity contribution in [3.05, 3.63) is 35.9 Å². The van der Waals surface area contributed by atoms with Crippen LogP contribution in [0.1, 0.15) is 44.6 Å². The minimum atomic E-state index is -0.00136. The number of hydrogen-bond donors (Lipinski definition) is 2. The number of ether oxygens (including phenoxy) is 1. The van der Waals surface area contributed by atoms with Crippen LogP contribution in [0.25, 0.3) is 0 Å². The van der Waals surface area contributed by atoms with E-state index in [4.69, 9.17) is 4.74 Å². The van der Waals surface area contributed by atoms with E-state index in [0.29, 0.717) is 12.1 Å². The van der Waals surface area contributed by atoms with Gasteiger partial charge in [-0.1, -0.05) is 43.7 Å². The first kappa shape index (κ1) is 28.6. The summed E-state index contributed by atoms with van der Waals surface area (Å²) in [6.45, 7) is 7.91. The van der Waals surface area contributed by atoms with Gasteiger partial charge in [0.1, 0.15) is 6.54 Å². The van der Waals surface area contributed by atoms with Crippen molar-refractivity contribution < 1.29 is 9.53 Å². The zero-order chi connectivity index (χ0) is 22.3. The maximum Gasteiger partial charge on any atom is 0.243 e. The summed E-state index contributed by atoms with van der Waals surface area (Å²) in [5.41, 5.74) is 1.38. The highest BCUT2D eigenvalue weighted by atomic mass is 127. The van der Waals surface area contributed by atoms with Crippen LogP contribution in [-0.4, -0.2) is 81.2 Å². The number of carbonyl (C=O) groups is 1. The summed E-state index contributed by atoms with van der Waals surface area (Å²) in [5.74, 6) is 0.705. The molecule has 1 aliphatic rings. The Morgan fingerprint density at radius 1 is 1.12 bits per heavy atom. The first-order valence-electron chi connectivity index (χ1n) is 11.7. The number of nitrogens with zero attached hydrogens (tertiary/aromatic N) is 3. The normalized spacial score (nSPS) is 15.2. The van der Waals surface area contributed by atoms with Crippen molar-refractivity contribution in [3.63, 3.8) is 0 Å². The number of piperidine rings is 1. The van der Waals surface area contributed by atoms with Gasteiger partial charge < -0.3 is 20.3 Å². The smallest absolute Gasteiger partial charge is 0.243 e. The molecule has 1 fully saturated rings. The van der Waals surface area contributed by atoms with Crippen LogP contribution in [0.15, 0.2) is 35.3 Å². The molecule has 32 heavy (non-hydrogen) atoms. The molecule has 0 bridgehead atoms. The van der Waals surface area contributed by atoms with Crippen molar-refractivity contribution >= 4 is 35.8 Å². The molecule has 2 rings (SSSR count). The molecule has 7 nitrogen and oxygen atoms in total. The second-order valence-electron chi connectivity index (χ2n) is 8.35. The number of rotatable bonds is 12. The van der Waals surface area contributed by atoms with Gasteiger partial charge in [-0.3, -0.25) is 9.69 Å². The highest BCUT2D eigenvalue weighted by molar-refractivity contribution is 14.0. The van der Waals surface area contributed by atoms with E-state index in [0.717, 1.165) is 71.4 Å². The minimum absolute atomic E-state index is 0. The maximum atomic E-state index is 11.8. The van der Waals surface area contributed by atoms with Crippen molar-refractivity contribution in [2.24, 2.45) is 4.99 Å². The summed E-state index contributed by atoms with van der Waals surface area (Å²) in [5, 5.41) is 6.63. The van der Waals surface area contributed by atoms with Crippen molar-refractivity contribution in [2.45, 2.75) is 51.7 Å². The number of aliphatic imine (C=N–C) groups is 1. The van der Waals surface area contributed by atoms with E-state index in [2.05, 4.69) is 57.8 Å². The first-order valence-corrected chi connectivity index (χ1v) is 11.7. The lowest BCUT2D eigenvalue weighted by molar-refractivity contribution is -0.127. The Morgan fingerprint density at radius 2 is 1.78 bits per heavy atom. The summed E-state index contributed by atoms with van der Waals surface area (Å²) in [7, 11) is 3.50. The van der Waals surface area contributed by atoms with E-state index in [1.807, 2.05) is 0 Å². The second-order valence-corrected chi connectivity index (χ2v) is 8.35. The Kier molecular flexibility index (Phi) is 15.3. The van der Waals surface area contributed by atoms with Gasteiger partial charge in [0.05, 0.1) is 6.10 Å². The fourth-order valence-corrected chi connectivity index (χ4v) is 3.45. The molecule has 1 heterocycles. The number of amides is 1. The SMILES string of the molecule is CCCCNC(=NCC(=O)N(C)C)NCCCOC1CCN(Cc2ccccc2)CC1.I. The number of halogens is 1. The molecule has 0 aliphatic carbocycles. The molecular formula is C24H42IN5O2. The quantitative estimate of drug-likeness (QED) is 0.178. The lowest BCUT2D eigenvalue weighted by atomic mass is 10.1. The van der Waals surface area contributed by atoms with Gasteiger partial charge in [0.2, 0.25) is 5.91 Å². The van der Waals surface area contributed by atoms with Crippen LogP contribution in [0.5, 0.6) is 0 Å². The Balaban J connectivity index is 0.00000512. The topological polar surface area (TPSA) is 69.2 Å². The predicted octanol–water partition coefficient (Wildman–Crippen LogP) is 3.10. The lowest BCUT2D eigenvalue weighted by Gasteiger charge is -2.32. The van der Waals surface area contributed by atoms with Crippen molar-refractivity contribution in [3.8, 4) is 0 Å². The number of likely N-dealkylation sites (tertiary alicyclic amines) is 1. The molecule has 8 heteroatoms. The van der Waals surface area contributed by atoms with Gasteiger partial charge in [0.25, 0.3) is 0 Å². The Bertz CT molecular complexity index is 649. The second kappa shape index (κ2) is 17.1. The van der Waals surface area contributed by atoms with Gasteiger partial charge in [0.15, 0.2) is 5.96 Å². The van der Waals surface area contributed by atoms with Gasteiger partial charge in [-0.05, 0) is 31.2 Å². The van der Waals surface area contributed by atoms with E-state index in [-0.39, 0.29) is 36.4 Å². The highest BCUT2D eigenvalue weighted by Gasteiger charge is 2.19. The number of carbonyl (C=O) groups excluding carboxylic acids is 1. The lowest BCUT2D eigenvalue weighted by Crippen LogP contribution is -2.40. The van der Waals surface area contributed by atoms with E-state index < -0.39 is 0 Å². The van der Waals surface area contributed by atoms with Crippen LogP contribution >= 0.6 is 24.0 Å². The summed E-state index contributed by atoms with van der Waals surface area (Å²) in [4.78, 5) is 20.3. The summed E-state index contributed by atoms with van der Waals surface area (Å²) in [6.07, 6.45) is 5.67. The third-order valence-electron chi connectivity index (χ3n) is 5.44. The monoisotopic (exact) mass is 559 g/mol. The average Bonchev–Trinajstić information content (AvgIpc) is 2.78. The van der Waals surface area contributed by atoms with Crippen LogP contribution < -0.4 is 10.6 Å². The molecule has 0 unspecified atom stereocenters. The van der Waals surface area contributed by atoms with Gasteiger partial charge >= 0.3 is 0 Å². The molecule has 1 aliphatic heterocycles. The average molecular weight is 560 g/mol. The maximum absolute atomic E-state index is 11.8. The van der Waals surface area contributed by atoms with E-state index in [1.54, 1.807) is 19.0 Å². The van der Waals surface area contributed by atoms with Crippen LogP contribution in [0.4, 0.5) is 0 Å². The molecule has 0 saturated carbocycles. The van der Waals surface area contributed by atoms with Crippen LogP contribution in [0.2, 0.25) is 0 Å². The van der Waals surface area contributed by atoms with Gasteiger partial charge in [-0.25, -0.2) is 4.99 Å². The number of likely N-dealkylation sites (N-methyl/N-ethyl adjacent to an activating group) is 1. The molecule has 182 valence electrons. The Labute approximate surface area is 211 Å². The number of unbranched alkanes of at least 4 members (excludes halogenated alkanes) is 1. The predicted molar refractivity (Wildman–Crippen MR) is 143 cm³/mol. The third kappa shape index (κ3) is 12.0. The van der Waals surface area contributed by atoms with E-state index in [1.165, 1.54) is 5.56 Å². The number of guanidine groups is 1. The van der Waals surface area contributed by atoms with Crippen LogP contribution in [-0.2, 0) is 16.1 Å². The molecule has 0 aromatic heterocycles. The largest absolute Gasteiger partial charge is 0.378 e. The Morgan fingerprint density at radius 3 is 2.41 bits per heavy atom. The molecule has 2 N–H and O–H groups in total.